The van der Waals surface area contributed by atoms with E-state index in [1.165, 1.54) is 31.5 Å². The lowest BCUT2D eigenvalue weighted by molar-refractivity contribution is 0.200. The van der Waals surface area contributed by atoms with Gasteiger partial charge in [-0.15, -0.1) is 0 Å². The van der Waals surface area contributed by atoms with Gasteiger partial charge in [-0.1, -0.05) is 30.3 Å². The van der Waals surface area contributed by atoms with Crippen molar-refractivity contribution in [3.8, 4) is 0 Å². The fourth-order valence-corrected chi connectivity index (χ4v) is 2.71. The van der Waals surface area contributed by atoms with Crippen LogP contribution in [-0.4, -0.2) is 23.5 Å². The number of piperidine rings is 1. The van der Waals surface area contributed by atoms with E-state index < -0.39 is 0 Å². The molecular weight excluding hydrogens is 184 g/mol. The Labute approximate surface area is 91.1 Å². The molecule has 2 heteroatoms. The first kappa shape index (κ1) is 9.37. The minimum absolute atomic E-state index is 0.229. The number of hydrogen-bond donors (Lipinski definition) is 1. The van der Waals surface area contributed by atoms with Crippen molar-refractivity contribution in [2.45, 2.75) is 24.9 Å². The highest BCUT2D eigenvalue weighted by molar-refractivity contribution is 5.16. The van der Waals surface area contributed by atoms with Gasteiger partial charge in [0.2, 0.25) is 0 Å². The Morgan fingerprint density at radius 3 is 2.87 bits per heavy atom. The number of nitrogens with two attached hydrogens (primary N) is 1. The zero-order chi connectivity index (χ0) is 10.3. The molecule has 0 spiro atoms. The van der Waals surface area contributed by atoms with Gasteiger partial charge in [-0.2, -0.15) is 0 Å². The van der Waals surface area contributed by atoms with Gasteiger partial charge in [-0.3, -0.25) is 4.90 Å². The van der Waals surface area contributed by atoms with Crippen molar-refractivity contribution in [2.75, 3.05) is 13.1 Å². The highest BCUT2D eigenvalue weighted by atomic mass is 15.2. The molecule has 1 saturated carbocycles. The summed E-state index contributed by atoms with van der Waals surface area (Å²) in [5.41, 5.74) is 7.83. The van der Waals surface area contributed by atoms with Gasteiger partial charge in [0.1, 0.15) is 0 Å². The van der Waals surface area contributed by atoms with Crippen LogP contribution in [0.15, 0.2) is 30.3 Å². The normalized spacial score (nSPS) is 34.9. The molecule has 15 heavy (non-hydrogen) atoms. The quantitative estimate of drug-likeness (QED) is 0.789. The van der Waals surface area contributed by atoms with Crippen molar-refractivity contribution in [3.63, 3.8) is 0 Å². The van der Waals surface area contributed by atoms with Gasteiger partial charge in [-0.25, -0.2) is 0 Å². The number of rotatable bonds is 2. The minimum Gasteiger partial charge on any atom is -0.325 e. The smallest absolute Gasteiger partial charge is 0.0233 e. The third kappa shape index (κ3) is 1.80. The van der Waals surface area contributed by atoms with Crippen LogP contribution in [0, 0.1) is 5.92 Å². The highest BCUT2D eigenvalue weighted by Crippen LogP contribution is 2.47. The molecule has 1 aliphatic heterocycles. The van der Waals surface area contributed by atoms with E-state index in [-0.39, 0.29) is 5.54 Å². The van der Waals surface area contributed by atoms with Crippen LogP contribution in [0.4, 0.5) is 0 Å². The van der Waals surface area contributed by atoms with Crippen molar-refractivity contribution in [2.24, 2.45) is 11.7 Å². The molecule has 2 nitrogen and oxygen atoms in total. The SMILES string of the molecule is NC12CCN(Cc3ccccc3)CC1C2. The van der Waals surface area contributed by atoms with E-state index in [0.29, 0.717) is 0 Å². The van der Waals surface area contributed by atoms with Crippen LogP contribution in [0.3, 0.4) is 0 Å². The molecule has 2 aliphatic rings. The Kier molecular flexibility index (Phi) is 2.08. The van der Waals surface area contributed by atoms with Crippen molar-refractivity contribution in [3.05, 3.63) is 35.9 Å². The van der Waals surface area contributed by atoms with E-state index in [4.69, 9.17) is 5.73 Å². The summed E-state index contributed by atoms with van der Waals surface area (Å²) in [7, 11) is 0. The monoisotopic (exact) mass is 202 g/mol. The second kappa shape index (κ2) is 3.32. The third-order valence-electron chi connectivity index (χ3n) is 3.90. The number of likely N-dealkylation sites (tertiary alicyclic amines) is 1. The molecule has 0 amide bonds. The molecule has 2 unspecified atom stereocenters. The topological polar surface area (TPSA) is 29.3 Å². The highest BCUT2D eigenvalue weighted by Gasteiger charge is 2.53. The maximum Gasteiger partial charge on any atom is 0.0233 e. The van der Waals surface area contributed by atoms with Crippen LogP contribution in [0.1, 0.15) is 18.4 Å². The van der Waals surface area contributed by atoms with Gasteiger partial charge in [0.05, 0.1) is 0 Å². The summed E-state index contributed by atoms with van der Waals surface area (Å²) in [6, 6.07) is 10.7. The van der Waals surface area contributed by atoms with Crippen LogP contribution < -0.4 is 5.73 Å². The zero-order valence-electron chi connectivity index (χ0n) is 9.02. The van der Waals surface area contributed by atoms with E-state index in [1.54, 1.807) is 0 Å². The average Bonchev–Trinajstić information content (AvgIpc) is 2.91. The van der Waals surface area contributed by atoms with E-state index in [0.717, 1.165) is 12.5 Å². The Balaban J connectivity index is 1.61. The molecule has 1 aromatic carbocycles. The molecule has 1 aromatic rings. The van der Waals surface area contributed by atoms with Crippen molar-refractivity contribution in [1.29, 1.82) is 0 Å². The van der Waals surface area contributed by atoms with E-state index >= 15 is 0 Å². The Morgan fingerprint density at radius 1 is 1.33 bits per heavy atom. The van der Waals surface area contributed by atoms with Crippen LogP contribution >= 0.6 is 0 Å². The Morgan fingerprint density at radius 2 is 2.13 bits per heavy atom. The zero-order valence-corrected chi connectivity index (χ0v) is 9.02. The molecule has 1 aliphatic carbocycles. The second-order valence-corrected chi connectivity index (χ2v) is 5.10. The summed E-state index contributed by atoms with van der Waals surface area (Å²) >= 11 is 0. The molecule has 2 fully saturated rings. The molecule has 0 bridgehead atoms. The maximum atomic E-state index is 6.18. The first-order valence-electron chi connectivity index (χ1n) is 5.81. The third-order valence-corrected chi connectivity index (χ3v) is 3.90. The van der Waals surface area contributed by atoms with Gasteiger partial charge < -0.3 is 5.73 Å². The summed E-state index contributed by atoms with van der Waals surface area (Å²) in [6.07, 6.45) is 2.43. The summed E-state index contributed by atoms with van der Waals surface area (Å²) in [5, 5.41) is 0. The molecule has 1 heterocycles. The predicted molar refractivity (Wildman–Crippen MR) is 61.4 cm³/mol. The molecule has 3 rings (SSSR count). The van der Waals surface area contributed by atoms with Gasteiger partial charge in [0.25, 0.3) is 0 Å². The molecule has 80 valence electrons. The molecule has 0 aromatic heterocycles. The minimum atomic E-state index is 0.229. The summed E-state index contributed by atoms with van der Waals surface area (Å²) in [6.45, 7) is 3.46. The Bertz CT molecular complexity index is 349. The molecule has 2 N–H and O–H groups in total. The lowest BCUT2D eigenvalue weighted by atomic mass is 10.1. The summed E-state index contributed by atoms with van der Waals surface area (Å²) in [5.74, 6) is 0.773. The fourth-order valence-electron chi connectivity index (χ4n) is 2.71. The van der Waals surface area contributed by atoms with Gasteiger partial charge in [0.15, 0.2) is 0 Å². The van der Waals surface area contributed by atoms with Crippen molar-refractivity contribution in [1.82, 2.24) is 4.90 Å². The van der Waals surface area contributed by atoms with Gasteiger partial charge >= 0.3 is 0 Å². The number of benzene rings is 1. The van der Waals surface area contributed by atoms with Gasteiger partial charge in [0, 0.05) is 25.2 Å². The maximum absolute atomic E-state index is 6.18. The largest absolute Gasteiger partial charge is 0.325 e. The second-order valence-electron chi connectivity index (χ2n) is 5.10. The number of fused-ring (bicyclic) bond motifs is 1. The van der Waals surface area contributed by atoms with Crippen LogP contribution in [0.2, 0.25) is 0 Å². The number of hydrogen-bond acceptors (Lipinski definition) is 2. The first-order chi connectivity index (χ1) is 7.26. The molecular formula is C13H18N2. The summed E-state index contributed by atoms with van der Waals surface area (Å²) < 4.78 is 0. The molecule has 1 saturated heterocycles. The first-order valence-corrected chi connectivity index (χ1v) is 5.81. The van der Waals surface area contributed by atoms with Crippen LogP contribution in [0.5, 0.6) is 0 Å². The standard InChI is InChI=1S/C13H18N2/c14-13-6-7-15(10-12(13)8-13)9-11-4-2-1-3-5-11/h1-5,12H,6-10,14H2. The molecule has 2 atom stereocenters. The fraction of sp³-hybridized carbons (Fsp3) is 0.538. The number of nitrogens with zero attached hydrogens (tertiary/aromatic N) is 1. The van der Waals surface area contributed by atoms with Crippen LogP contribution in [0.25, 0.3) is 0 Å². The molecule has 0 radical (unpaired) electrons. The van der Waals surface area contributed by atoms with Gasteiger partial charge in [-0.05, 0) is 24.3 Å². The van der Waals surface area contributed by atoms with Crippen molar-refractivity contribution >= 4 is 0 Å². The predicted octanol–water partition coefficient (Wildman–Crippen LogP) is 1.61. The lowest BCUT2D eigenvalue weighted by Gasteiger charge is -2.29. The lowest BCUT2D eigenvalue weighted by Crippen LogP contribution is -2.41. The summed E-state index contributed by atoms with van der Waals surface area (Å²) in [4.78, 5) is 2.54. The van der Waals surface area contributed by atoms with Crippen LogP contribution in [-0.2, 0) is 6.54 Å². The Hall–Kier alpha value is -0.860. The van der Waals surface area contributed by atoms with Crippen molar-refractivity contribution < 1.29 is 0 Å². The van der Waals surface area contributed by atoms with E-state index in [9.17, 15) is 0 Å². The van der Waals surface area contributed by atoms with E-state index in [2.05, 4.69) is 35.2 Å². The average molecular weight is 202 g/mol. The van der Waals surface area contributed by atoms with E-state index in [1.807, 2.05) is 0 Å².